The summed E-state index contributed by atoms with van der Waals surface area (Å²) in [6.07, 6.45) is 1.45. The first kappa shape index (κ1) is 26.4. The molecule has 0 radical (unpaired) electrons. The maximum atomic E-state index is 15.6. The predicted molar refractivity (Wildman–Crippen MR) is 151 cm³/mol. The van der Waals surface area contributed by atoms with Gasteiger partial charge >= 0.3 is 0 Å². The van der Waals surface area contributed by atoms with Gasteiger partial charge in [0.05, 0.1) is 11.4 Å². The van der Waals surface area contributed by atoms with Crippen molar-refractivity contribution in [1.82, 2.24) is 30.2 Å². The van der Waals surface area contributed by atoms with Crippen molar-refractivity contribution < 1.29 is 9.18 Å². The molecule has 0 aliphatic heterocycles. The fraction of sp³-hybridized carbons (Fsp3) is 0.172. The second kappa shape index (κ2) is 10.5. The smallest absolute Gasteiger partial charge is 0.293 e. The highest BCUT2D eigenvalue weighted by Crippen LogP contribution is 2.28. The number of nitrogens with zero attached hydrogens (tertiary/aromatic N) is 5. The minimum atomic E-state index is -0.663. The van der Waals surface area contributed by atoms with Gasteiger partial charge in [-0.05, 0) is 69.9 Å². The summed E-state index contributed by atoms with van der Waals surface area (Å²) in [5.41, 5.74) is 2.77. The van der Waals surface area contributed by atoms with E-state index in [4.69, 9.17) is 0 Å². The average molecular weight is 539 g/mol. The SMILES string of the molecule is Cn1cc(-c2cccc(NC(=O)c3ccc(C(C)(C)C)cc3)c2F)nc(Nc2ccc(-c3nnn[nH]3)cc2)c1=O. The number of carbonyl (C=O) groups is 1. The number of aromatic nitrogens is 6. The van der Waals surface area contributed by atoms with E-state index >= 15 is 4.39 Å². The minimum Gasteiger partial charge on any atom is -0.336 e. The third-order valence-corrected chi connectivity index (χ3v) is 6.37. The molecule has 3 N–H and O–H groups in total. The van der Waals surface area contributed by atoms with E-state index in [9.17, 15) is 9.59 Å². The molecule has 0 saturated heterocycles. The molecular weight excluding hydrogens is 511 g/mol. The number of benzene rings is 3. The molecule has 0 saturated carbocycles. The van der Waals surface area contributed by atoms with Crippen LogP contribution in [-0.4, -0.2) is 36.1 Å². The van der Waals surface area contributed by atoms with Crippen molar-refractivity contribution in [3.63, 3.8) is 0 Å². The molecule has 5 rings (SSSR count). The number of aryl methyl sites for hydroxylation is 1. The quantitative estimate of drug-likeness (QED) is 0.275. The lowest BCUT2D eigenvalue weighted by atomic mass is 9.87. The van der Waals surface area contributed by atoms with Gasteiger partial charge < -0.3 is 15.2 Å². The van der Waals surface area contributed by atoms with Crippen LogP contribution >= 0.6 is 0 Å². The summed E-state index contributed by atoms with van der Waals surface area (Å²) < 4.78 is 17.0. The van der Waals surface area contributed by atoms with Crippen molar-refractivity contribution in [2.24, 2.45) is 7.05 Å². The van der Waals surface area contributed by atoms with E-state index in [2.05, 4.69) is 57.0 Å². The van der Waals surface area contributed by atoms with Crippen molar-refractivity contribution in [3.8, 4) is 22.6 Å². The van der Waals surface area contributed by atoms with Gasteiger partial charge in [0.15, 0.2) is 17.5 Å². The molecule has 40 heavy (non-hydrogen) atoms. The zero-order chi connectivity index (χ0) is 28.4. The van der Waals surface area contributed by atoms with Crippen LogP contribution in [0.1, 0.15) is 36.7 Å². The van der Waals surface area contributed by atoms with Gasteiger partial charge in [-0.25, -0.2) is 14.5 Å². The maximum Gasteiger partial charge on any atom is 0.293 e. The number of amides is 1. The molecule has 3 aromatic carbocycles. The van der Waals surface area contributed by atoms with E-state index in [0.29, 0.717) is 17.1 Å². The standard InChI is InChI=1S/C29H27FN8O2/c1-29(2,3)19-12-8-18(9-13-19)27(39)33-22-7-5-6-21(24(22)30)23-16-38(4)28(40)26(32-23)31-20-14-10-17(11-15-20)25-34-36-37-35-25/h5-16H,1-4H3,(H,31,32)(H,33,39)(H,34,35,36,37). The summed E-state index contributed by atoms with van der Waals surface area (Å²) >= 11 is 0. The molecule has 10 nitrogen and oxygen atoms in total. The number of hydrogen-bond donors (Lipinski definition) is 3. The van der Waals surface area contributed by atoms with Gasteiger partial charge in [0, 0.05) is 35.6 Å². The van der Waals surface area contributed by atoms with Crippen LogP contribution in [0.5, 0.6) is 0 Å². The highest BCUT2D eigenvalue weighted by molar-refractivity contribution is 6.04. The second-order valence-corrected chi connectivity index (χ2v) is 10.3. The first-order valence-electron chi connectivity index (χ1n) is 12.5. The number of nitrogens with one attached hydrogen (secondary N) is 3. The Morgan fingerprint density at radius 3 is 2.38 bits per heavy atom. The molecule has 0 bridgehead atoms. The Labute approximate surface area is 229 Å². The molecule has 0 unspecified atom stereocenters. The molecule has 1 amide bonds. The molecule has 202 valence electrons. The fourth-order valence-corrected chi connectivity index (χ4v) is 4.09. The van der Waals surface area contributed by atoms with Gasteiger partial charge in [-0.15, -0.1) is 5.10 Å². The van der Waals surface area contributed by atoms with E-state index in [0.717, 1.165) is 11.1 Å². The van der Waals surface area contributed by atoms with Crippen molar-refractivity contribution in [1.29, 1.82) is 0 Å². The van der Waals surface area contributed by atoms with Gasteiger partial charge in [0.2, 0.25) is 0 Å². The normalized spacial score (nSPS) is 11.3. The van der Waals surface area contributed by atoms with Crippen molar-refractivity contribution in [3.05, 3.63) is 100 Å². The molecule has 0 aliphatic carbocycles. The monoisotopic (exact) mass is 538 g/mol. The van der Waals surface area contributed by atoms with E-state index in [1.165, 1.54) is 16.8 Å². The number of anilines is 3. The molecule has 2 aromatic heterocycles. The largest absolute Gasteiger partial charge is 0.336 e. The number of carbonyl (C=O) groups excluding carboxylic acids is 1. The second-order valence-electron chi connectivity index (χ2n) is 10.3. The lowest BCUT2D eigenvalue weighted by molar-refractivity contribution is 0.102. The summed E-state index contributed by atoms with van der Waals surface area (Å²) in [4.78, 5) is 30.1. The number of halogens is 1. The van der Waals surface area contributed by atoms with E-state index in [-0.39, 0.29) is 28.2 Å². The van der Waals surface area contributed by atoms with Crippen LogP contribution in [-0.2, 0) is 12.5 Å². The van der Waals surface area contributed by atoms with Crippen LogP contribution in [0.25, 0.3) is 22.6 Å². The Bertz CT molecular complexity index is 1720. The Balaban J connectivity index is 1.40. The fourth-order valence-electron chi connectivity index (χ4n) is 4.09. The van der Waals surface area contributed by atoms with Crippen molar-refractivity contribution in [2.45, 2.75) is 26.2 Å². The molecule has 5 aromatic rings. The van der Waals surface area contributed by atoms with Crippen LogP contribution in [0.4, 0.5) is 21.6 Å². The summed E-state index contributed by atoms with van der Waals surface area (Å²) in [5.74, 6) is -0.574. The lowest BCUT2D eigenvalue weighted by Crippen LogP contribution is -2.21. The van der Waals surface area contributed by atoms with E-state index in [1.54, 1.807) is 55.6 Å². The van der Waals surface area contributed by atoms with E-state index < -0.39 is 17.3 Å². The zero-order valence-corrected chi connectivity index (χ0v) is 22.4. The Hall–Kier alpha value is -5.19. The van der Waals surface area contributed by atoms with Crippen molar-refractivity contribution in [2.75, 3.05) is 10.6 Å². The topological polar surface area (TPSA) is 130 Å². The Kier molecular flexibility index (Phi) is 6.95. The first-order chi connectivity index (χ1) is 19.1. The maximum absolute atomic E-state index is 15.6. The summed E-state index contributed by atoms with van der Waals surface area (Å²) in [5, 5.41) is 19.3. The van der Waals surface area contributed by atoms with Crippen molar-refractivity contribution >= 4 is 23.1 Å². The number of rotatable bonds is 6. The summed E-state index contributed by atoms with van der Waals surface area (Å²) in [6.45, 7) is 6.27. The Morgan fingerprint density at radius 1 is 1.00 bits per heavy atom. The van der Waals surface area contributed by atoms with Crippen LogP contribution < -0.4 is 16.2 Å². The third kappa shape index (κ3) is 5.48. The molecule has 11 heteroatoms. The van der Waals surface area contributed by atoms with E-state index in [1.807, 2.05) is 12.1 Å². The predicted octanol–water partition coefficient (Wildman–Crippen LogP) is 5.06. The summed E-state index contributed by atoms with van der Waals surface area (Å²) in [7, 11) is 1.56. The average Bonchev–Trinajstić information content (AvgIpc) is 3.47. The summed E-state index contributed by atoms with van der Waals surface area (Å²) in [6, 6.07) is 18.9. The van der Waals surface area contributed by atoms with Crippen LogP contribution in [0.3, 0.4) is 0 Å². The van der Waals surface area contributed by atoms with Gasteiger partial charge in [0.25, 0.3) is 11.5 Å². The highest BCUT2D eigenvalue weighted by Gasteiger charge is 2.18. The zero-order valence-electron chi connectivity index (χ0n) is 22.4. The Morgan fingerprint density at radius 2 is 1.73 bits per heavy atom. The van der Waals surface area contributed by atoms with Gasteiger partial charge in [-0.2, -0.15) is 0 Å². The highest BCUT2D eigenvalue weighted by atomic mass is 19.1. The molecular formula is C29H27FN8O2. The number of H-pyrrole nitrogens is 1. The minimum absolute atomic E-state index is 0.00468. The van der Waals surface area contributed by atoms with Crippen LogP contribution in [0, 0.1) is 5.82 Å². The molecule has 0 atom stereocenters. The molecule has 0 fully saturated rings. The van der Waals surface area contributed by atoms with Gasteiger partial charge in [0.1, 0.15) is 0 Å². The number of tetrazole rings is 1. The van der Waals surface area contributed by atoms with Crippen LogP contribution in [0.15, 0.2) is 77.7 Å². The molecule has 2 heterocycles. The first-order valence-corrected chi connectivity index (χ1v) is 12.5. The van der Waals surface area contributed by atoms with Crippen LogP contribution in [0.2, 0.25) is 0 Å². The lowest BCUT2D eigenvalue weighted by Gasteiger charge is -2.19. The molecule has 0 aliphatic rings. The number of aromatic amines is 1. The molecule has 0 spiro atoms. The third-order valence-electron chi connectivity index (χ3n) is 6.37. The number of hydrogen-bond acceptors (Lipinski definition) is 7. The van der Waals surface area contributed by atoms with Gasteiger partial charge in [-0.3, -0.25) is 9.59 Å². The van der Waals surface area contributed by atoms with Gasteiger partial charge in [-0.1, -0.05) is 39.0 Å².